The third kappa shape index (κ3) is 3.86. The van der Waals surface area contributed by atoms with Crippen LogP contribution in [0.3, 0.4) is 0 Å². The first-order valence-electron chi connectivity index (χ1n) is 9.09. The number of nitrogens with zero attached hydrogens (tertiary/aromatic N) is 4. The Kier molecular flexibility index (Phi) is 5.30. The molecule has 0 aromatic carbocycles. The molecule has 1 saturated heterocycles. The van der Waals surface area contributed by atoms with Crippen molar-refractivity contribution in [2.24, 2.45) is 0 Å². The van der Waals surface area contributed by atoms with Crippen LogP contribution in [-0.2, 0) is 35.2 Å². The van der Waals surface area contributed by atoms with Crippen LogP contribution in [0.15, 0.2) is 12.7 Å². The number of carbonyl (C=O) groups excluding carboxylic acids is 2. The third-order valence-electron chi connectivity index (χ3n) is 5.24. The molecule has 1 aliphatic carbocycles. The van der Waals surface area contributed by atoms with Gasteiger partial charge >= 0.3 is 6.18 Å². The van der Waals surface area contributed by atoms with Crippen LogP contribution in [0.5, 0.6) is 0 Å². The summed E-state index contributed by atoms with van der Waals surface area (Å²) in [6.07, 6.45) is -0.937. The van der Waals surface area contributed by atoms with Gasteiger partial charge in [-0.25, -0.2) is 0 Å². The van der Waals surface area contributed by atoms with Gasteiger partial charge < -0.3 is 9.80 Å². The van der Waals surface area contributed by atoms with Gasteiger partial charge in [0.05, 0.1) is 0 Å². The van der Waals surface area contributed by atoms with Gasteiger partial charge in [0.2, 0.25) is 11.8 Å². The molecule has 1 aliphatic heterocycles. The van der Waals surface area contributed by atoms with E-state index in [1.54, 1.807) is 9.80 Å². The summed E-state index contributed by atoms with van der Waals surface area (Å²) in [5.74, 6) is -0.470. The monoisotopic (exact) mass is 384 g/mol. The zero-order chi connectivity index (χ0) is 19.8. The maximum Gasteiger partial charge on any atom is 0.435 e. The highest BCUT2D eigenvalue weighted by Gasteiger charge is 2.40. The van der Waals surface area contributed by atoms with Crippen molar-refractivity contribution in [3.8, 4) is 0 Å². The molecule has 9 heteroatoms. The molecule has 2 heterocycles. The van der Waals surface area contributed by atoms with Crippen molar-refractivity contribution in [1.82, 2.24) is 19.6 Å². The number of halogens is 3. The molecule has 148 valence electrons. The summed E-state index contributed by atoms with van der Waals surface area (Å²) in [4.78, 5) is 27.7. The lowest BCUT2D eigenvalue weighted by Gasteiger charge is -2.39. The van der Waals surface area contributed by atoms with Crippen LogP contribution in [0.2, 0.25) is 0 Å². The van der Waals surface area contributed by atoms with Crippen molar-refractivity contribution < 1.29 is 22.8 Å². The second-order valence-corrected chi connectivity index (χ2v) is 7.06. The molecular formula is C18H23F3N4O2. The fraction of sp³-hybridized carbons (Fsp3) is 0.611. The first kappa shape index (κ1) is 19.4. The molecule has 1 aromatic heterocycles. The molecule has 2 aliphatic rings. The number of aromatic nitrogens is 2. The summed E-state index contributed by atoms with van der Waals surface area (Å²) >= 11 is 0. The first-order valence-corrected chi connectivity index (χ1v) is 9.09. The molecule has 0 radical (unpaired) electrons. The van der Waals surface area contributed by atoms with Crippen molar-refractivity contribution in [2.75, 3.05) is 19.6 Å². The van der Waals surface area contributed by atoms with Gasteiger partial charge in [0.1, 0.15) is 6.54 Å². The molecular weight excluding hydrogens is 361 g/mol. The number of carbonyl (C=O) groups is 2. The average Bonchev–Trinajstić information content (AvgIpc) is 3.00. The topological polar surface area (TPSA) is 58.4 Å². The van der Waals surface area contributed by atoms with Crippen molar-refractivity contribution in [3.05, 3.63) is 29.6 Å². The second-order valence-electron chi connectivity index (χ2n) is 7.06. The number of fused-ring (bicyclic) bond motifs is 1. The third-order valence-corrected chi connectivity index (χ3v) is 5.24. The van der Waals surface area contributed by atoms with E-state index < -0.39 is 11.9 Å². The van der Waals surface area contributed by atoms with E-state index in [-0.39, 0.29) is 30.0 Å². The minimum Gasteiger partial charge on any atom is -0.335 e. The Labute approximate surface area is 155 Å². The van der Waals surface area contributed by atoms with Crippen molar-refractivity contribution in [1.29, 1.82) is 0 Å². The van der Waals surface area contributed by atoms with Gasteiger partial charge in [-0.15, -0.1) is 0 Å². The summed E-state index contributed by atoms with van der Waals surface area (Å²) in [6, 6.07) is -0.219. The van der Waals surface area contributed by atoms with E-state index in [2.05, 4.69) is 11.7 Å². The fourth-order valence-electron chi connectivity index (χ4n) is 3.91. The van der Waals surface area contributed by atoms with Gasteiger partial charge in [-0.2, -0.15) is 18.3 Å². The molecule has 6 nitrogen and oxygen atoms in total. The molecule has 0 saturated carbocycles. The van der Waals surface area contributed by atoms with E-state index in [9.17, 15) is 22.8 Å². The normalized spacial score (nSPS) is 20.4. The Morgan fingerprint density at radius 1 is 1.26 bits per heavy atom. The second kappa shape index (κ2) is 7.36. The SMILES string of the molecule is C=CC(=O)N1CCN(C(=O)Cn2nc(C(F)(F)F)c3c2CCCC3)[C@@H](C)C1. The van der Waals surface area contributed by atoms with Crippen LogP contribution in [0.4, 0.5) is 13.2 Å². The molecule has 0 unspecified atom stereocenters. The van der Waals surface area contributed by atoms with Crippen LogP contribution < -0.4 is 0 Å². The fourth-order valence-corrected chi connectivity index (χ4v) is 3.91. The highest BCUT2D eigenvalue weighted by molar-refractivity contribution is 5.87. The van der Waals surface area contributed by atoms with Crippen molar-refractivity contribution in [3.63, 3.8) is 0 Å². The summed E-state index contributed by atoms with van der Waals surface area (Å²) in [5, 5.41) is 3.75. The molecule has 1 fully saturated rings. The van der Waals surface area contributed by atoms with Gasteiger partial charge in [-0.3, -0.25) is 14.3 Å². The average molecular weight is 384 g/mol. The van der Waals surface area contributed by atoms with E-state index in [1.807, 2.05) is 6.92 Å². The van der Waals surface area contributed by atoms with Gasteiger partial charge in [-0.1, -0.05) is 6.58 Å². The number of alkyl halides is 3. The zero-order valence-electron chi connectivity index (χ0n) is 15.3. The summed E-state index contributed by atoms with van der Waals surface area (Å²) < 4.78 is 41.1. The molecule has 0 spiro atoms. The van der Waals surface area contributed by atoms with Gasteiger partial charge in [0.15, 0.2) is 5.69 Å². The van der Waals surface area contributed by atoms with E-state index in [1.165, 1.54) is 10.8 Å². The standard InChI is InChI=1S/C18H23F3N4O2/c1-3-15(26)23-8-9-24(12(2)10-23)16(27)11-25-14-7-5-4-6-13(14)17(22-25)18(19,20)21/h3,12H,1,4-11H2,2H3/t12-/m0/s1. The van der Waals surface area contributed by atoms with E-state index in [4.69, 9.17) is 0 Å². The Bertz CT molecular complexity index is 757. The van der Waals surface area contributed by atoms with Gasteiger partial charge in [0, 0.05) is 36.9 Å². The predicted octanol–water partition coefficient (Wildman–Crippen LogP) is 2.03. The predicted molar refractivity (Wildman–Crippen MR) is 91.8 cm³/mol. The molecule has 2 amide bonds. The largest absolute Gasteiger partial charge is 0.435 e. The molecule has 1 aromatic rings. The van der Waals surface area contributed by atoms with E-state index in [0.717, 1.165) is 6.42 Å². The Morgan fingerprint density at radius 2 is 1.96 bits per heavy atom. The number of amides is 2. The minimum absolute atomic E-state index is 0.190. The number of hydrogen-bond acceptors (Lipinski definition) is 3. The first-order chi connectivity index (χ1) is 12.7. The summed E-state index contributed by atoms with van der Waals surface area (Å²) in [7, 11) is 0. The van der Waals surface area contributed by atoms with Gasteiger partial charge in [-0.05, 0) is 38.7 Å². The van der Waals surface area contributed by atoms with Crippen LogP contribution in [0, 0.1) is 0 Å². The smallest absolute Gasteiger partial charge is 0.335 e. The number of rotatable bonds is 3. The molecule has 0 N–H and O–H groups in total. The van der Waals surface area contributed by atoms with E-state index in [0.29, 0.717) is 44.6 Å². The van der Waals surface area contributed by atoms with E-state index >= 15 is 0 Å². The molecule has 27 heavy (non-hydrogen) atoms. The summed E-state index contributed by atoms with van der Waals surface area (Å²) in [6.45, 7) is 6.17. The van der Waals surface area contributed by atoms with Crippen molar-refractivity contribution >= 4 is 11.8 Å². The molecule has 0 bridgehead atoms. The molecule has 3 rings (SSSR count). The Morgan fingerprint density at radius 3 is 2.59 bits per heavy atom. The highest BCUT2D eigenvalue weighted by Crippen LogP contribution is 2.35. The highest BCUT2D eigenvalue weighted by atomic mass is 19.4. The number of hydrogen-bond donors (Lipinski definition) is 0. The van der Waals surface area contributed by atoms with Crippen LogP contribution in [0.1, 0.15) is 36.7 Å². The maximum atomic E-state index is 13.3. The lowest BCUT2D eigenvalue weighted by molar-refractivity contribution is -0.143. The van der Waals surface area contributed by atoms with Crippen LogP contribution in [0.25, 0.3) is 0 Å². The van der Waals surface area contributed by atoms with Crippen molar-refractivity contribution in [2.45, 2.75) is 51.4 Å². The minimum atomic E-state index is -4.51. The lowest BCUT2D eigenvalue weighted by Crippen LogP contribution is -2.55. The lowest BCUT2D eigenvalue weighted by atomic mass is 9.95. The molecule has 1 atom stereocenters. The Hall–Kier alpha value is -2.32. The van der Waals surface area contributed by atoms with Crippen LogP contribution in [-0.4, -0.2) is 57.1 Å². The quantitative estimate of drug-likeness (QED) is 0.750. The zero-order valence-corrected chi connectivity index (χ0v) is 15.3. The van der Waals surface area contributed by atoms with Gasteiger partial charge in [0.25, 0.3) is 0 Å². The van der Waals surface area contributed by atoms with Crippen LogP contribution >= 0.6 is 0 Å². The summed E-state index contributed by atoms with van der Waals surface area (Å²) in [5.41, 5.74) is -0.106. The number of piperazine rings is 1. The maximum absolute atomic E-state index is 13.3. The Balaban J connectivity index is 1.76.